The molecule has 2 N–H and O–H groups in total. The van der Waals surface area contributed by atoms with Crippen LogP contribution in [0.1, 0.15) is 5.56 Å². The second-order valence-corrected chi connectivity index (χ2v) is 6.40. The second kappa shape index (κ2) is 5.46. The van der Waals surface area contributed by atoms with Crippen LogP contribution in [0.4, 0.5) is 10.1 Å². The second-order valence-electron chi connectivity index (χ2n) is 3.91. The van der Waals surface area contributed by atoms with Gasteiger partial charge in [0.05, 0.1) is 10.2 Å². The zero-order valence-electron chi connectivity index (χ0n) is 9.29. The number of nitrogens with two attached hydrogens (primary N) is 1. The SMILES string of the molecule is NCc1ccc(N2CCS(=O)CC2)c(F)c1Br. The van der Waals surface area contributed by atoms with Crippen LogP contribution in [0.15, 0.2) is 16.6 Å². The monoisotopic (exact) mass is 320 g/mol. The number of halogens is 2. The van der Waals surface area contributed by atoms with E-state index in [1.54, 1.807) is 6.07 Å². The molecule has 0 aliphatic carbocycles. The Kier molecular flexibility index (Phi) is 4.17. The summed E-state index contributed by atoms with van der Waals surface area (Å²) < 4.78 is 25.8. The minimum atomic E-state index is -0.748. The van der Waals surface area contributed by atoms with E-state index in [2.05, 4.69) is 15.9 Å². The molecule has 0 radical (unpaired) electrons. The van der Waals surface area contributed by atoms with Gasteiger partial charge in [0.1, 0.15) is 0 Å². The van der Waals surface area contributed by atoms with Gasteiger partial charge in [-0.15, -0.1) is 0 Å². The molecule has 0 aromatic heterocycles. The van der Waals surface area contributed by atoms with Gasteiger partial charge in [-0.2, -0.15) is 0 Å². The first-order valence-corrected chi connectivity index (χ1v) is 7.68. The molecule has 0 saturated carbocycles. The Bertz CT molecular complexity index is 445. The molecule has 0 unspecified atom stereocenters. The van der Waals surface area contributed by atoms with Gasteiger partial charge in [0, 0.05) is 41.9 Å². The van der Waals surface area contributed by atoms with Gasteiger partial charge in [-0.05, 0) is 27.6 Å². The van der Waals surface area contributed by atoms with Crippen LogP contribution in [-0.4, -0.2) is 28.8 Å². The maximum atomic E-state index is 14.1. The topological polar surface area (TPSA) is 46.3 Å². The van der Waals surface area contributed by atoms with Crippen molar-refractivity contribution in [1.82, 2.24) is 0 Å². The summed E-state index contributed by atoms with van der Waals surface area (Å²) in [5, 5.41) is 0. The Morgan fingerprint density at radius 1 is 1.41 bits per heavy atom. The fourth-order valence-electron chi connectivity index (χ4n) is 1.86. The van der Waals surface area contributed by atoms with Crippen LogP contribution in [-0.2, 0) is 17.3 Å². The van der Waals surface area contributed by atoms with Gasteiger partial charge in [0.2, 0.25) is 0 Å². The zero-order chi connectivity index (χ0) is 12.4. The van der Waals surface area contributed by atoms with E-state index in [4.69, 9.17) is 5.73 Å². The molecule has 1 aromatic carbocycles. The summed E-state index contributed by atoms with van der Waals surface area (Å²) in [5.41, 5.74) is 6.83. The summed E-state index contributed by atoms with van der Waals surface area (Å²) in [6.07, 6.45) is 0. The van der Waals surface area contributed by atoms with Crippen LogP contribution in [0.3, 0.4) is 0 Å². The summed E-state index contributed by atoms with van der Waals surface area (Å²) in [7, 11) is -0.748. The van der Waals surface area contributed by atoms with Crippen LogP contribution in [0.5, 0.6) is 0 Å². The van der Waals surface area contributed by atoms with Gasteiger partial charge in [0.25, 0.3) is 0 Å². The van der Waals surface area contributed by atoms with E-state index >= 15 is 0 Å². The van der Waals surface area contributed by atoms with E-state index in [-0.39, 0.29) is 5.82 Å². The summed E-state index contributed by atoms with van der Waals surface area (Å²) in [5.74, 6) is 0.936. The first-order chi connectivity index (χ1) is 8.13. The molecule has 6 heteroatoms. The molecule has 0 amide bonds. The minimum Gasteiger partial charge on any atom is -0.367 e. The number of hydrogen-bond acceptors (Lipinski definition) is 3. The van der Waals surface area contributed by atoms with E-state index in [9.17, 15) is 8.60 Å². The highest BCUT2D eigenvalue weighted by molar-refractivity contribution is 9.10. The van der Waals surface area contributed by atoms with Crippen molar-refractivity contribution in [3.63, 3.8) is 0 Å². The normalized spacial score (nSPS) is 17.5. The molecule has 2 rings (SSSR count). The quantitative estimate of drug-likeness (QED) is 0.900. The lowest BCUT2D eigenvalue weighted by Gasteiger charge is -2.29. The fourth-order valence-corrected chi connectivity index (χ4v) is 3.41. The van der Waals surface area contributed by atoms with E-state index < -0.39 is 10.8 Å². The molecule has 1 aliphatic rings. The summed E-state index contributed by atoms with van der Waals surface area (Å²) in [6.45, 7) is 1.58. The van der Waals surface area contributed by atoms with Crippen molar-refractivity contribution in [3.8, 4) is 0 Å². The minimum absolute atomic E-state index is 0.277. The van der Waals surface area contributed by atoms with Crippen molar-refractivity contribution >= 4 is 32.4 Å². The maximum Gasteiger partial charge on any atom is 0.160 e. The van der Waals surface area contributed by atoms with Gasteiger partial charge in [-0.1, -0.05) is 6.07 Å². The molecule has 94 valence electrons. The third-order valence-corrected chi connectivity index (χ3v) is 5.01. The van der Waals surface area contributed by atoms with Crippen molar-refractivity contribution < 1.29 is 8.60 Å². The Labute approximate surface area is 111 Å². The summed E-state index contributed by atoms with van der Waals surface area (Å²) in [6, 6.07) is 3.57. The third kappa shape index (κ3) is 2.69. The molecule has 1 aromatic rings. The molecular formula is C11H14BrFN2OS. The summed E-state index contributed by atoms with van der Waals surface area (Å²) >= 11 is 3.23. The Balaban J connectivity index is 2.27. The molecule has 0 bridgehead atoms. The van der Waals surface area contributed by atoms with Crippen LogP contribution in [0.2, 0.25) is 0 Å². The number of benzene rings is 1. The van der Waals surface area contributed by atoms with Crippen LogP contribution < -0.4 is 10.6 Å². The van der Waals surface area contributed by atoms with Crippen molar-refractivity contribution in [3.05, 3.63) is 28.0 Å². The molecule has 1 saturated heterocycles. The fraction of sp³-hybridized carbons (Fsp3) is 0.455. The van der Waals surface area contributed by atoms with Gasteiger partial charge in [-0.3, -0.25) is 4.21 Å². The van der Waals surface area contributed by atoms with Crippen molar-refractivity contribution in [1.29, 1.82) is 0 Å². The molecule has 3 nitrogen and oxygen atoms in total. The molecule has 0 spiro atoms. The predicted molar refractivity (Wildman–Crippen MR) is 72.1 cm³/mol. The lowest BCUT2D eigenvalue weighted by Crippen LogP contribution is -2.38. The average molecular weight is 321 g/mol. The Hall–Kier alpha value is -0.460. The smallest absolute Gasteiger partial charge is 0.160 e. The van der Waals surface area contributed by atoms with E-state index in [0.717, 1.165) is 5.56 Å². The summed E-state index contributed by atoms with van der Waals surface area (Å²) in [4.78, 5) is 1.93. The van der Waals surface area contributed by atoms with Crippen molar-refractivity contribution in [2.75, 3.05) is 29.5 Å². The van der Waals surface area contributed by atoms with Crippen LogP contribution in [0, 0.1) is 5.82 Å². The van der Waals surface area contributed by atoms with Gasteiger partial charge >= 0.3 is 0 Å². The van der Waals surface area contributed by atoms with E-state index in [1.807, 2.05) is 11.0 Å². The predicted octanol–water partition coefficient (Wildman–Crippen LogP) is 1.62. The molecule has 1 aliphatic heterocycles. The highest BCUT2D eigenvalue weighted by Crippen LogP contribution is 2.29. The van der Waals surface area contributed by atoms with Crippen LogP contribution >= 0.6 is 15.9 Å². The Morgan fingerprint density at radius 3 is 2.65 bits per heavy atom. The molecule has 1 heterocycles. The lowest BCUT2D eigenvalue weighted by atomic mass is 10.2. The first kappa shape index (κ1) is 13.0. The van der Waals surface area contributed by atoms with Crippen molar-refractivity contribution in [2.24, 2.45) is 5.73 Å². The van der Waals surface area contributed by atoms with Crippen molar-refractivity contribution in [2.45, 2.75) is 6.54 Å². The molecule has 1 fully saturated rings. The number of hydrogen-bond donors (Lipinski definition) is 1. The third-order valence-electron chi connectivity index (χ3n) is 2.88. The lowest BCUT2D eigenvalue weighted by molar-refractivity contribution is 0.608. The zero-order valence-corrected chi connectivity index (χ0v) is 11.7. The number of anilines is 1. The first-order valence-electron chi connectivity index (χ1n) is 5.40. The van der Waals surface area contributed by atoms with Gasteiger partial charge in [-0.25, -0.2) is 4.39 Å². The van der Waals surface area contributed by atoms with Gasteiger partial charge < -0.3 is 10.6 Å². The highest BCUT2D eigenvalue weighted by Gasteiger charge is 2.20. The van der Waals surface area contributed by atoms with Gasteiger partial charge in [0.15, 0.2) is 5.82 Å². The Morgan fingerprint density at radius 2 is 2.06 bits per heavy atom. The highest BCUT2D eigenvalue weighted by atomic mass is 79.9. The number of rotatable bonds is 2. The largest absolute Gasteiger partial charge is 0.367 e. The number of nitrogens with zero attached hydrogens (tertiary/aromatic N) is 1. The molecule has 17 heavy (non-hydrogen) atoms. The van der Waals surface area contributed by atoms with E-state index in [1.165, 1.54) is 0 Å². The molecular weight excluding hydrogens is 307 g/mol. The van der Waals surface area contributed by atoms with E-state index in [0.29, 0.717) is 41.3 Å². The maximum absolute atomic E-state index is 14.1. The van der Waals surface area contributed by atoms with Crippen LogP contribution in [0.25, 0.3) is 0 Å². The average Bonchev–Trinajstić information content (AvgIpc) is 2.34. The standard InChI is InChI=1S/C11H14BrFN2OS/c12-10-8(7-14)1-2-9(11(10)13)15-3-5-17(16)6-4-15/h1-2H,3-7,14H2. The molecule has 0 atom stereocenters.